The Labute approximate surface area is 119 Å². The maximum Gasteiger partial charge on any atom is 0.191 e. The zero-order chi connectivity index (χ0) is 13.5. The molecule has 1 aromatic rings. The predicted octanol–water partition coefficient (Wildman–Crippen LogP) is 2.49. The molecule has 0 aliphatic heterocycles. The summed E-state index contributed by atoms with van der Waals surface area (Å²) in [6.45, 7) is 2.98. The molecule has 0 saturated heterocycles. The molecule has 1 aromatic heterocycles. The molecular weight excluding hydrogens is 256 g/mol. The van der Waals surface area contributed by atoms with Gasteiger partial charge in [0.15, 0.2) is 5.96 Å². The lowest BCUT2D eigenvalue weighted by atomic mass is 9.96. The van der Waals surface area contributed by atoms with E-state index in [9.17, 15) is 0 Å². The summed E-state index contributed by atoms with van der Waals surface area (Å²) in [6, 6.07) is 0.599. The van der Waals surface area contributed by atoms with E-state index in [4.69, 9.17) is 0 Å². The van der Waals surface area contributed by atoms with Crippen molar-refractivity contribution >= 4 is 17.3 Å². The predicted molar refractivity (Wildman–Crippen MR) is 81.9 cm³/mol. The molecule has 1 aliphatic carbocycles. The number of nitrogens with zero attached hydrogens (tertiary/aromatic N) is 2. The van der Waals surface area contributed by atoms with Crippen LogP contribution >= 0.6 is 11.3 Å². The lowest BCUT2D eigenvalue weighted by molar-refractivity contribution is 0.410. The van der Waals surface area contributed by atoms with Gasteiger partial charge in [-0.05, 0) is 19.8 Å². The molecule has 0 radical (unpaired) electrons. The molecule has 19 heavy (non-hydrogen) atoms. The minimum absolute atomic E-state index is 0.599. The monoisotopic (exact) mass is 280 g/mol. The zero-order valence-electron chi connectivity index (χ0n) is 11.9. The average molecular weight is 280 g/mol. The lowest BCUT2D eigenvalue weighted by Gasteiger charge is -2.24. The second-order valence-corrected chi connectivity index (χ2v) is 6.41. The highest BCUT2D eigenvalue weighted by Crippen LogP contribution is 2.17. The summed E-state index contributed by atoms with van der Waals surface area (Å²) < 4.78 is 0. The Morgan fingerprint density at radius 2 is 2.21 bits per heavy atom. The van der Waals surface area contributed by atoms with Gasteiger partial charge in [0.1, 0.15) is 0 Å². The summed E-state index contributed by atoms with van der Waals surface area (Å²) in [5.74, 6) is 0.931. The van der Waals surface area contributed by atoms with Crippen molar-refractivity contribution in [3.63, 3.8) is 0 Å². The third kappa shape index (κ3) is 4.82. The molecule has 1 saturated carbocycles. The summed E-state index contributed by atoms with van der Waals surface area (Å²) in [4.78, 5) is 9.95. The molecule has 1 heterocycles. The van der Waals surface area contributed by atoms with Crippen LogP contribution in [0.5, 0.6) is 0 Å². The van der Waals surface area contributed by atoms with Gasteiger partial charge in [0.2, 0.25) is 0 Å². The smallest absolute Gasteiger partial charge is 0.191 e. The quantitative estimate of drug-likeness (QED) is 0.658. The summed E-state index contributed by atoms with van der Waals surface area (Å²) in [5, 5.41) is 8.09. The minimum Gasteiger partial charge on any atom is -0.356 e. The summed E-state index contributed by atoms with van der Waals surface area (Å²) in [6.07, 6.45) is 9.51. The van der Waals surface area contributed by atoms with Crippen LogP contribution in [0.25, 0.3) is 0 Å². The number of hydrogen-bond acceptors (Lipinski definition) is 3. The highest BCUT2D eigenvalue weighted by Gasteiger charge is 2.14. The first kappa shape index (κ1) is 14.3. The Balaban J connectivity index is 1.70. The van der Waals surface area contributed by atoms with Gasteiger partial charge in [-0.25, -0.2) is 4.98 Å². The Kier molecular flexibility index (Phi) is 5.63. The van der Waals surface area contributed by atoms with E-state index in [1.54, 1.807) is 11.3 Å². The molecular formula is C14H24N4S. The van der Waals surface area contributed by atoms with Crippen molar-refractivity contribution in [2.24, 2.45) is 4.99 Å². The molecule has 0 amide bonds. The van der Waals surface area contributed by atoms with E-state index in [2.05, 4.69) is 27.5 Å². The molecule has 2 N–H and O–H groups in total. The average Bonchev–Trinajstić information content (AvgIpc) is 2.84. The fourth-order valence-corrected chi connectivity index (χ4v) is 3.23. The van der Waals surface area contributed by atoms with E-state index in [1.807, 2.05) is 13.2 Å². The van der Waals surface area contributed by atoms with Gasteiger partial charge in [0, 0.05) is 37.1 Å². The summed E-state index contributed by atoms with van der Waals surface area (Å²) >= 11 is 1.77. The third-order valence-corrected chi connectivity index (χ3v) is 4.44. The number of aromatic nitrogens is 1. The van der Waals surface area contributed by atoms with Gasteiger partial charge in [-0.15, -0.1) is 11.3 Å². The van der Waals surface area contributed by atoms with Crippen LogP contribution in [0.4, 0.5) is 0 Å². The van der Waals surface area contributed by atoms with Crippen molar-refractivity contribution in [2.45, 2.75) is 51.5 Å². The van der Waals surface area contributed by atoms with Crippen LogP contribution in [0.1, 0.15) is 42.0 Å². The van der Waals surface area contributed by atoms with E-state index in [0.29, 0.717) is 6.04 Å². The number of guanidine groups is 1. The second kappa shape index (κ2) is 7.48. The molecule has 0 atom stereocenters. The van der Waals surface area contributed by atoms with Gasteiger partial charge >= 0.3 is 0 Å². The normalized spacial score (nSPS) is 17.5. The highest BCUT2D eigenvalue weighted by molar-refractivity contribution is 7.11. The number of aryl methyl sites for hydroxylation is 1. The number of rotatable bonds is 4. The van der Waals surface area contributed by atoms with Gasteiger partial charge in [-0.3, -0.25) is 4.99 Å². The van der Waals surface area contributed by atoms with E-state index in [-0.39, 0.29) is 0 Å². The van der Waals surface area contributed by atoms with Crippen LogP contribution in [-0.4, -0.2) is 30.6 Å². The fraction of sp³-hybridized carbons (Fsp3) is 0.714. The number of aliphatic imine (C=N–C) groups is 1. The molecule has 0 bridgehead atoms. The molecule has 106 valence electrons. The molecule has 4 nitrogen and oxygen atoms in total. The van der Waals surface area contributed by atoms with E-state index >= 15 is 0 Å². The molecule has 1 aliphatic rings. The third-order valence-electron chi connectivity index (χ3n) is 3.47. The second-order valence-electron chi connectivity index (χ2n) is 5.09. The van der Waals surface area contributed by atoms with E-state index < -0.39 is 0 Å². The highest BCUT2D eigenvalue weighted by atomic mass is 32.1. The van der Waals surface area contributed by atoms with Crippen LogP contribution in [0.15, 0.2) is 11.2 Å². The van der Waals surface area contributed by atoms with E-state index in [0.717, 1.165) is 18.9 Å². The Bertz CT molecular complexity index is 407. The Hall–Kier alpha value is -1.10. The number of hydrogen-bond donors (Lipinski definition) is 2. The molecule has 5 heteroatoms. The van der Waals surface area contributed by atoms with Crippen molar-refractivity contribution < 1.29 is 0 Å². The van der Waals surface area contributed by atoms with Crippen LogP contribution in [-0.2, 0) is 6.42 Å². The maximum absolute atomic E-state index is 4.37. The van der Waals surface area contributed by atoms with Crippen molar-refractivity contribution in [2.75, 3.05) is 13.6 Å². The first-order valence-electron chi connectivity index (χ1n) is 7.16. The van der Waals surface area contributed by atoms with Crippen molar-refractivity contribution in [3.8, 4) is 0 Å². The molecule has 0 unspecified atom stereocenters. The van der Waals surface area contributed by atoms with Gasteiger partial charge < -0.3 is 10.6 Å². The summed E-state index contributed by atoms with van der Waals surface area (Å²) in [5.41, 5.74) is 0. The van der Waals surface area contributed by atoms with Crippen LogP contribution in [0.3, 0.4) is 0 Å². The molecule has 2 rings (SSSR count). The minimum atomic E-state index is 0.599. The van der Waals surface area contributed by atoms with Gasteiger partial charge in [-0.1, -0.05) is 19.3 Å². The van der Waals surface area contributed by atoms with Crippen LogP contribution < -0.4 is 10.6 Å². The fourth-order valence-electron chi connectivity index (χ4n) is 2.44. The number of nitrogens with one attached hydrogen (secondary N) is 2. The van der Waals surface area contributed by atoms with Crippen molar-refractivity contribution in [1.29, 1.82) is 0 Å². The first-order valence-corrected chi connectivity index (χ1v) is 7.98. The zero-order valence-corrected chi connectivity index (χ0v) is 12.7. The standard InChI is InChI=1S/C14H24N4S/c1-11-10-17-13(19-11)8-9-16-14(15-2)18-12-6-4-3-5-7-12/h10,12H,3-9H2,1-2H3,(H2,15,16,18). The first-order chi connectivity index (χ1) is 9.28. The van der Waals surface area contributed by atoms with Gasteiger partial charge in [0.25, 0.3) is 0 Å². The van der Waals surface area contributed by atoms with Crippen LogP contribution in [0, 0.1) is 6.92 Å². The Morgan fingerprint density at radius 3 is 2.84 bits per heavy atom. The van der Waals surface area contributed by atoms with Gasteiger partial charge in [-0.2, -0.15) is 0 Å². The number of thiazole rings is 1. The largest absolute Gasteiger partial charge is 0.356 e. The van der Waals surface area contributed by atoms with Gasteiger partial charge in [0.05, 0.1) is 5.01 Å². The van der Waals surface area contributed by atoms with Crippen LogP contribution in [0.2, 0.25) is 0 Å². The molecule has 0 spiro atoms. The molecule has 1 fully saturated rings. The summed E-state index contributed by atoms with van der Waals surface area (Å²) in [7, 11) is 1.84. The Morgan fingerprint density at radius 1 is 1.42 bits per heavy atom. The topological polar surface area (TPSA) is 49.3 Å². The van der Waals surface area contributed by atoms with E-state index in [1.165, 1.54) is 42.0 Å². The lowest BCUT2D eigenvalue weighted by Crippen LogP contribution is -2.44. The SMILES string of the molecule is CN=C(NCCc1ncc(C)s1)NC1CCCCC1. The van der Waals surface area contributed by atoms with Crippen molar-refractivity contribution in [1.82, 2.24) is 15.6 Å². The van der Waals surface area contributed by atoms with Crippen molar-refractivity contribution in [3.05, 3.63) is 16.1 Å². The maximum atomic E-state index is 4.37. The molecule has 0 aromatic carbocycles.